The molecule has 0 amide bonds. The highest BCUT2D eigenvalue weighted by Crippen LogP contribution is 2.18. The number of unbranched alkanes of at least 4 members (excludes halogenated alkanes) is 9. The number of anilines is 1. The molecule has 2 heteroatoms. The van der Waals surface area contributed by atoms with Crippen LogP contribution in [0.25, 0.3) is 0 Å². The van der Waals surface area contributed by atoms with Gasteiger partial charge in [-0.1, -0.05) is 89.8 Å². The summed E-state index contributed by atoms with van der Waals surface area (Å²) in [5, 5.41) is 3.63. The van der Waals surface area contributed by atoms with Gasteiger partial charge in [-0.2, -0.15) is 0 Å². The standard InChI is InChI=1S/C23H41NO/c1-4-6-8-10-11-12-13-19-23(25-20-16-9-7-5-2)24-22-18-15-14-17-21(22)3/h14-15,17-18,23-24H,4-13,16,19-20H2,1-3H3. The first kappa shape index (κ1) is 22.0. The molecule has 1 N–H and O–H groups in total. The lowest BCUT2D eigenvalue weighted by molar-refractivity contribution is 0.0617. The van der Waals surface area contributed by atoms with Crippen molar-refractivity contribution in [2.24, 2.45) is 0 Å². The van der Waals surface area contributed by atoms with Gasteiger partial charge in [0.2, 0.25) is 0 Å². The summed E-state index contributed by atoms with van der Waals surface area (Å²) in [5.41, 5.74) is 2.51. The van der Waals surface area contributed by atoms with Crippen molar-refractivity contribution in [1.29, 1.82) is 0 Å². The first-order chi connectivity index (χ1) is 12.3. The van der Waals surface area contributed by atoms with Crippen LogP contribution >= 0.6 is 0 Å². The van der Waals surface area contributed by atoms with Gasteiger partial charge in [0.15, 0.2) is 0 Å². The molecule has 144 valence electrons. The fraction of sp³-hybridized carbons (Fsp3) is 0.739. The quantitative estimate of drug-likeness (QED) is 0.247. The van der Waals surface area contributed by atoms with Gasteiger partial charge in [-0.3, -0.25) is 0 Å². The minimum absolute atomic E-state index is 0.151. The average molecular weight is 348 g/mol. The zero-order valence-electron chi connectivity index (χ0n) is 17.0. The highest BCUT2D eigenvalue weighted by atomic mass is 16.5. The van der Waals surface area contributed by atoms with Gasteiger partial charge >= 0.3 is 0 Å². The van der Waals surface area contributed by atoms with Crippen molar-refractivity contribution in [2.45, 2.75) is 104 Å². The molecule has 25 heavy (non-hydrogen) atoms. The van der Waals surface area contributed by atoms with E-state index >= 15 is 0 Å². The Morgan fingerprint density at radius 1 is 0.800 bits per heavy atom. The Hall–Kier alpha value is -1.02. The molecule has 1 aromatic carbocycles. The first-order valence-corrected chi connectivity index (χ1v) is 10.7. The van der Waals surface area contributed by atoms with Gasteiger partial charge in [0.1, 0.15) is 6.23 Å². The molecular formula is C23H41NO. The van der Waals surface area contributed by atoms with E-state index in [2.05, 4.69) is 50.4 Å². The number of hydrogen-bond donors (Lipinski definition) is 1. The maximum atomic E-state index is 6.18. The monoisotopic (exact) mass is 347 g/mol. The third-order valence-electron chi connectivity index (χ3n) is 4.85. The summed E-state index contributed by atoms with van der Waals surface area (Å²) in [4.78, 5) is 0. The number of nitrogens with one attached hydrogen (secondary N) is 1. The minimum atomic E-state index is 0.151. The number of rotatable bonds is 16. The fourth-order valence-corrected chi connectivity index (χ4v) is 3.15. The molecule has 0 fully saturated rings. The molecule has 0 bridgehead atoms. The zero-order valence-corrected chi connectivity index (χ0v) is 17.0. The molecule has 0 radical (unpaired) electrons. The van der Waals surface area contributed by atoms with Crippen molar-refractivity contribution in [3.63, 3.8) is 0 Å². The lowest BCUT2D eigenvalue weighted by Crippen LogP contribution is -2.24. The van der Waals surface area contributed by atoms with Gasteiger partial charge in [-0.15, -0.1) is 0 Å². The molecule has 0 saturated carbocycles. The van der Waals surface area contributed by atoms with Crippen molar-refractivity contribution in [3.05, 3.63) is 29.8 Å². The Morgan fingerprint density at radius 2 is 1.40 bits per heavy atom. The van der Waals surface area contributed by atoms with E-state index in [0.717, 1.165) is 13.0 Å². The van der Waals surface area contributed by atoms with E-state index in [1.807, 2.05) is 0 Å². The maximum absolute atomic E-state index is 6.18. The van der Waals surface area contributed by atoms with E-state index in [9.17, 15) is 0 Å². The summed E-state index contributed by atoms with van der Waals surface area (Å²) >= 11 is 0. The van der Waals surface area contributed by atoms with Gasteiger partial charge in [0, 0.05) is 12.3 Å². The van der Waals surface area contributed by atoms with Crippen LogP contribution in [0.5, 0.6) is 0 Å². The Morgan fingerprint density at radius 3 is 2.08 bits per heavy atom. The second-order valence-corrected chi connectivity index (χ2v) is 7.29. The second kappa shape index (κ2) is 15.3. The molecule has 0 saturated heterocycles. The predicted molar refractivity (Wildman–Crippen MR) is 111 cm³/mol. The number of ether oxygens (including phenoxy) is 1. The van der Waals surface area contributed by atoms with Crippen LogP contribution in [-0.2, 0) is 4.74 Å². The Kier molecular flexibility index (Phi) is 13.4. The van der Waals surface area contributed by atoms with E-state index in [1.165, 1.54) is 81.9 Å². The van der Waals surface area contributed by atoms with Crippen LogP contribution in [0.3, 0.4) is 0 Å². The molecule has 0 aromatic heterocycles. The smallest absolute Gasteiger partial charge is 0.127 e. The van der Waals surface area contributed by atoms with E-state index < -0.39 is 0 Å². The fourth-order valence-electron chi connectivity index (χ4n) is 3.15. The van der Waals surface area contributed by atoms with Gasteiger partial charge in [-0.25, -0.2) is 0 Å². The van der Waals surface area contributed by atoms with Crippen LogP contribution in [0, 0.1) is 6.92 Å². The van der Waals surface area contributed by atoms with Crippen LogP contribution in [-0.4, -0.2) is 12.8 Å². The summed E-state index contributed by atoms with van der Waals surface area (Å²) in [7, 11) is 0. The summed E-state index contributed by atoms with van der Waals surface area (Å²) in [6, 6.07) is 8.51. The molecule has 2 nitrogen and oxygen atoms in total. The van der Waals surface area contributed by atoms with Crippen LogP contribution < -0.4 is 5.32 Å². The summed E-state index contributed by atoms with van der Waals surface area (Å²) in [6.45, 7) is 7.57. The van der Waals surface area contributed by atoms with E-state index in [0.29, 0.717) is 0 Å². The molecule has 0 aliphatic heterocycles. The average Bonchev–Trinajstić information content (AvgIpc) is 2.62. The van der Waals surface area contributed by atoms with Gasteiger partial charge in [0.05, 0.1) is 0 Å². The van der Waals surface area contributed by atoms with Crippen LogP contribution in [0.15, 0.2) is 24.3 Å². The van der Waals surface area contributed by atoms with Crippen molar-refractivity contribution in [2.75, 3.05) is 11.9 Å². The molecule has 0 aliphatic carbocycles. The largest absolute Gasteiger partial charge is 0.360 e. The summed E-state index contributed by atoms with van der Waals surface area (Å²) in [5.74, 6) is 0. The topological polar surface area (TPSA) is 21.3 Å². The second-order valence-electron chi connectivity index (χ2n) is 7.29. The van der Waals surface area contributed by atoms with Crippen molar-refractivity contribution in [1.82, 2.24) is 0 Å². The molecule has 1 rings (SSSR count). The Labute approximate surface area is 156 Å². The van der Waals surface area contributed by atoms with E-state index in [4.69, 9.17) is 4.74 Å². The van der Waals surface area contributed by atoms with Crippen LogP contribution in [0.4, 0.5) is 5.69 Å². The Bertz CT molecular complexity index is 418. The highest BCUT2D eigenvalue weighted by molar-refractivity contribution is 5.50. The first-order valence-electron chi connectivity index (χ1n) is 10.7. The Balaban J connectivity index is 2.33. The normalized spacial score (nSPS) is 12.3. The van der Waals surface area contributed by atoms with Gasteiger partial charge in [-0.05, 0) is 37.8 Å². The molecule has 0 heterocycles. The van der Waals surface area contributed by atoms with Crippen LogP contribution in [0.2, 0.25) is 0 Å². The van der Waals surface area contributed by atoms with E-state index in [-0.39, 0.29) is 6.23 Å². The minimum Gasteiger partial charge on any atom is -0.360 e. The lowest BCUT2D eigenvalue weighted by Gasteiger charge is -2.22. The number of benzene rings is 1. The van der Waals surface area contributed by atoms with Crippen molar-refractivity contribution in [3.8, 4) is 0 Å². The van der Waals surface area contributed by atoms with E-state index in [1.54, 1.807) is 0 Å². The highest BCUT2D eigenvalue weighted by Gasteiger charge is 2.10. The SMILES string of the molecule is CCCCCCCCCC(Nc1ccccc1C)OCCCCCC. The maximum Gasteiger partial charge on any atom is 0.127 e. The van der Waals surface area contributed by atoms with Crippen LogP contribution in [0.1, 0.15) is 96.5 Å². The molecular weight excluding hydrogens is 306 g/mol. The summed E-state index contributed by atoms with van der Waals surface area (Å²) < 4.78 is 6.18. The molecule has 1 unspecified atom stereocenters. The number of para-hydroxylation sites is 1. The third kappa shape index (κ3) is 11.3. The summed E-state index contributed by atoms with van der Waals surface area (Å²) in [6.07, 6.45) is 15.8. The lowest BCUT2D eigenvalue weighted by atomic mass is 10.1. The third-order valence-corrected chi connectivity index (χ3v) is 4.85. The number of hydrogen-bond acceptors (Lipinski definition) is 2. The van der Waals surface area contributed by atoms with Gasteiger partial charge < -0.3 is 10.1 Å². The predicted octanol–water partition coefficient (Wildman–Crippen LogP) is 7.47. The molecule has 0 aliphatic rings. The molecule has 1 aromatic rings. The molecule has 0 spiro atoms. The van der Waals surface area contributed by atoms with Crippen molar-refractivity contribution >= 4 is 5.69 Å². The van der Waals surface area contributed by atoms with Gasteiger partial charge in [0.25, 0.3) is 0 Å². The molecule has 1 atom stereocenters. The number of aryl methyl sites for hydroxylation is 1. The van der Waals surface area contributed by atoms with Crippen molar-refractivity contribution < 1.29 is 4.74 Å². The zero-order chi connectivity index (χ0) is 18.2.